The minimum atomic E-state index is -4.57. The van der Waals surface area contributed by atoms with Crippen LogP contribution in [-0.4, -0.2) is 52.1 Å². The van der Waals surface area contributed by atoms with E-state index < -0.39 is 35.0 Å². The van der Waals surface area contributed by atoms with Gasteiger partial charge < -0.3 is 34.8 Å². The number of imidazole rings is 1. The first kappa shape index (κ1) is 30.9. The molecule has 46 heavy (non-hydrogen) atoms. The number of nitrogens with zero attached hydrogens (tertiary/aromatic N) is 7. The number of rotatable bonds is 6. The number of aromatic hydroxyl groups is 1. The molecule has 6 rings (SSSR count). The van der Waals surface area contributed by atoms with Crippen LogP contribution in [0.2, 0.25) is 10.0 Å². The van der Waals surface area contributed by atoms with E-state index >= 15 is 0 Å². The fraction of sp³-hybridized carbons (Fsp3) is 0.214. The van der Waals surface area contributed by atoms with E-state index in [0.29, 0.717) is 12.4 Å². The van der Waals surface area contributed by atoms with Gasteiger partial charge in [-0.2, -0.15) is 13.2 Å². The number of alkyl halides is 3. The van der Waals surface area contributed by atoms with E-state index in [2.05, 4.69) is 20.3 Å². The van der Waals surface area contributed by atoms with E-state index in [0.717, 1.165) is 6.20 Å². The number of anilines is 2. The molecule has 18 heteroatoms. The molecule has 5 heterocycles. The van der Waals surface area contributed by atoms with Crippen LogP contribution in [0.3, 0.4) is 0 Å². The maximum atomic E-state index is 13.3. The number of carbonyl (C=O) groups excluding carboxylic acids is 2. The fourth-order valence-corrected chi connectivity index (χ4v) is 5.54. The monoisotopic (exact) mass is 675 g/mol. The molecule has 238 valence electrons. The number of aryl methyl sites for hydroxylation is 1. The van der Waals surface area contributed by atoms with Crippen molar-refractivity contribution in [1.82, 2.24) is 28.7 Å². The normalized spacial score (nSPS) is 13.2. The molecule has 13 nitrogen and oxygen atoms in total. The summed E-state index contributed by atoms with van der Waals surface area (Å²) in [6.07, 6.45) is 0.490. The van der Waals surface area contributed by atoms with Gasteiger partial charge in [0.1, 0.15) is 29.6 Å². The summed E-state index contributed by atoms with van der Waals surface area (Å²) in [6, 6.07) is 4.13. The summed E-state index contributed by atoms with van der Waals surface area (Å²) >= 11 is 12.5. The standard InChI is InChI=1S/C28H22Cl2F3N9O4/c1-39-12-36-26-23(27(39)46)15(13-4-14(25(34)45)24(44)16(29)5-13)8-42(26)11-22(43)37-18-6-20(35-7-17(18)30)41-3-2-40-9-19(28(31,32)33)38-21(40)10-41/h4-9,12,44H,2-3,10-11H2,1H3,(H2,34,45)(H,35,37,43). The van der Waals surface area contributed by atoms with Gasteiger partial charge >= 0.3 is 6.18 Å². The maximum absolute atomic E-state index is 13.3. The third-order valence-corrected chi connectivity index (χ3v) is 8.01. The molecule has 0 aliphatic carbocycles. The van der Waals surface area contributed by atoms with Crippen LogP contribution in [-0.2, 0) is 37.7 Å². The molecular weight excluding hydrogens is 654 g/mol. The van der Waals surface area contributed by atoms with Crippen molar-refractivity contribution in [2.24, 2.45) is 12.8 Å². The van der Waals surface area contributed by atoms with Gasteiger partial charge in [-0.05, 0) is 17.7 Å². The molecule has 0 fully saturated rings. The minimum Gasteiger partial charge on any atom is -0.506 e. The zero-order valence-corrected chi connectivity index (χ0v) is 25.2. The van der Waals surface area contributed by atoms with Crippen molar-refractivity contribution in [2.75, 3.05) is 16.8 Å². The Morgan fingerprint density at radius 2 is 1.87 bits per heavy atom. The molecule has 0 atom stereocenters. The van der Waals surface area contributed by atoms with E-state index in [1.165, 1.54) is 57.7 Å². The van der Waals surface area contributed by atoms with Crippen molar-refractivity contribution in [3.05, 3.63) is 80.6 Å². The number of aromatic nitrogens is 6. The first-order valence-electron chi connectivity index (χ1n) is 13.4. The van der Waals surface area contributed by atoms with Gasteiger partial charge in [-0.3, -0.25) is 14.4 Å². The minimum absolute atomic E-state index is 0.0512. The Hall–Kier alpha value is -5.09. The number of nitrogens with one attached hydrogen (secondary N) is 1. The summed E-state index contributed by atoms with van der Waals surface area (Å²) in [5.41, 5.74) is 4.61. The number of halogens is 5. The summed E-state index contributed by atoms with van der Waals surface area (Å²) in [5.74, 6) is -1.44. The highest BCUT2D eigenvalue weighted by Crippen LogP contribution is 2.36. The Labute approximate surface area is 266 Å². The Morgan fingerprint density at radius 1 is 1.11 bits per heavy atom. The Morgan fingerprint density at radius 3 is 2.59 bits per heavy atom. The molecule has 2 amide bonds. The number of benzene rings is 1. The van der Waals surface area contributed by atoms with Crippen molar-refractivity contribution < 1.29 is 27.9 Å². The van der Waals surface area contributed by atoms with E-state index in [9.17, 15) is 32.7 Å². The second-order valence-corrected chi connectivity index (χ2v) is 11.3. The van der Waals surface area contributed by atoms with Crippen molar-refractivity contribution in [1.29, 1.82) is 0 Å². The number of hydrogen-bond acceptors (Lipinski definition) is 8. The average Bonchev–Trinajstić information content (AvgIpc) is 3.59. The molecule has 0 saturated heterocycles. The fourth-order valence-electron chi connectivity index (χ4n) is 5.17. The molecule has 0 saturated carbocycles. The second kappa shape index (κ2) is 11.4. The van der Waals surface area contributed by atoms with Gasteiger partial charge in [-0.1, -0.05) is 23.2 Å². The lowest BCUT2D eigenvalue weighted by molar-refractivity contribution is -0.141. The van der Waals surface area contributed by atoms with Gasteiger partial charge in [-0.25, -0.2) is 15.0 Å². The van der Waals surface area contributed by atoms with Crippen LogP contribution in [0.4, 0.5) is 24.7 Å². The van der Waals surface area contributed by atoms with Crippen molar-refractivity contribution in [3.63, 3.8) is 0 Å². The lowest BCUT2D eigenvalue weighted by atomic mass is 10.0. The number of fused-ring (bicyclic) bond motifs is 2. The smallest absolute Gasteiger partial charge is 0.434 e. The topological polar surface area (TPSA) is 166 Å². The van der Waals surface area contributed by atoms with E-state index in [1.807, 2.05) is 0 Å². The molecule has 0 bridgehead atoms. The molecule has 5 aromatic rings. The highest BCUT2D eigenvalue weighted by molar-refractivity contribution is 6.34. The first-order chi connectivity index (χ1) is 21.7. The molecular formula is C28H22Cl2F3N9O4. The number of amides is 2. The lowest BCUT2D eigenvalue weighted by Crippen LogP contribution is -2.34. The number of phenols is 1. The molecule has 4 aromatic heterocycles. The number of hydrogen-bond donors (Lipinski definition) is 3. The number of pyridine rings is 1. The zero-order valence-electron chi connectivity index (χ0n) is 23.6. The quantitative estimate of drug-likeness (QED) is 0.245. The van der Waals surface area contributed by atoms with Crippen LogP contribution >= 0.6 is 23.2 Å². The highest BCUT2D eigenvalue weighted by Gasteiger charge is 2.36. The average molecular weight is 676 g/mol. The SMILES string of the molecule is Cn1cnc2c(c(-c3cc(Cl)c(O)c(C(N)=O)c3)cn2CC(=O)Nc2cc(N3CCn4cc(C(F)(F)F)nc4C3)ncc2Cl)c1=O. The maximum Gasteiger partial charge on any atom is 0.434 e. The lowest BCUT2D eigenvalue weighted by Gasteiger charge is -2.29. The summed E-state index contributed by atoms with van der Waals surface area (Å²) in [5, 5.41) is 12.9. The van der Waals surface area contributed by atoms with Crippen LogP contribution in [0.5, 0.6) is 5.75 Å². The predicted molar refractivity (Wildman–Crippen MR) is 162 cm³/mol. The second-order valence-electron chi connectivity index (χ2n) is 10.5. The van der Waals surface area contributed by atoms with Crippen molar-refractivity contribution in [2.45, 2.75) is 25.8 Å². The Balaban J connectivity index is 1.28. The van der Waals surface area contributed by atoms with E-state index in [-0.39, 0.29) is 68.9 Å². The summed E-state index contributed by atoms with van der Waals surface area (Å²) in [4.78, 5) is 52.4. The van der Waals surface area contributed by atoms with Crippen LogP contribution in [0, 0.1) is 0 Å². The van der Waals surface area contributed by atoms with Crippen LogP contribution < -0.4 is 21.5 Å². The van der Waals surface area contributed by atoms with Gasteiger partial charge in [0.25, 0.3) is 11.5 Å². The summed E-state index contributed by atoms with van der Waals surface area (Å²) < 4.78 is 43.5. The van der Waals surface area contributed by atoms with E-state index in [1.54, 1.807) is 4.90 Å². The van der Waals surface area contributed by atoms with Gasteiger partial charge in [0, 0.05) is 44.2 Å². The first-order valence-corrected chi connectivity index (χ1v) is 14.2. The summed E-state index contributed by atoms with van der Waals surface area (Å²) in [7, 11) is 1.50. The number of nitrogens with two attached hydrogens (primary N) is 1. The molecule has 1 aromatic carbocycles. The molecule has 4 N–H and O–H groups in total. The molecule has 0 radical (unpaired) electrons. The van der Waals surface area contributed by atoms with Gasteiger partial charge in [-0.15, -0.1) is 0 Å². The summed E-state index contributed by atoms with van der Waals surface area (Å²) in [6.45, 7) is 0.295. The molecule has 1 aliphatic rings. The third-order valence-electron chi connectivity index (χ3n) is 7.42. The predicted octanol–water partition coefficient (Wildman–Crippen LogP) is 3.78. The number of carbonyl (C=O) groups is 2. The largest absolute Gasteiger partial charge is 0.506 e. The van der Waals surface area contributed by atoms with Crippen molar-refractivity contribution in [3.8, 4) is 16.9 Å². The van der Waals surface area contributed by atoms with Crippen LogP contribution in [0.25, 0.3) is 22.2 Å². The molecule has 0 spiro atoms. The Kier molecular flexibility index (Phi) is 7.64. The third kappa shape index (κ3) is 5.60. The Bertz CT molecular complexity index is 2120. The van der Waals surface area contributed by atoms with Gasteiger partial charge in [0.2, 0.25) is 5.91 Å². The zero-order chi connectivity index (χ0) is 33.1. The van der Waals surface area contributed by atoms with Crippen LogP contribution in [0.15, 0.2) is 47.9 Å². The van der Waals surface area contributed by atoms with E-state index in [4.69, 9.17) is 28.9 Å². The van der Waals surface area contributed by atoms with Crippen LogP contribution in [0.1, 0.15) is 21.9 Å². The molecule has 0 unspecified atom stereocenters. The highest BCUT2D eigenvalue weighted by atomic mass is 35.5. The van der Waals surface area contributed by atoms with Crippen molar-refractivity contribution >= 4 is 57.6 Å². The van der Waals surface area contributed by atoms with Gasteiger partial charge in [0.05, 0.1) is 45.8 Å². The molecule has 1 aliphatic heterocycles. The van der Waals surface area contributed by atoms with Gasteiger partial charge in [0.15, 0.2) is 5.69 Å². The number of primary amides is 1.